The van der Waals surface area contributed by atoms with Crippen LogP contribution in [0.2, 0.25) is 0 Å². The van der Waals surface area contributed by atoms with Crippen LogP contribution in [0.25, 0.3) is 97.1 Å². The lowest BCUT2D eigenvalue weighted by Gasteiger charge is -2.28. The first kappa shape index (κ1) is 31.2. The van der Waals surface area contributed by atoms with Gasteiger partial charge in [0, 0.05) is 58.7 Å². The van der Waals surface area contributed by atoms with Crippen LogP contribution in [-0.4, -0.2) is 0 Å². The van der Waals surface area contributed by atoms with Gasteiger partial charge >= 0.3 is 0 Å². The number of hydrogen-bond acceptors (Lipinski definition) is 4. The Morgan fingerprint density at radius 3 is 1.93 bits per heavy atom. The summed E-state index contributed by atoms with van der Waals surface area (Å²) < 4.78 is 15.5. The topological polar surface area (TPSA) is 29.5 Å². The lowest BCUT2D eigenvalue weighted by Crippen LogP contribution is -2.11. The predicted molar refractivity (Wildman–Crippen MR) is 237 cm³/mol. The Kier molecular flexibility index (Phi) is 6.80. The number of benzene rings is 9. The summed E-state index contributed by atoms with van der Waals surface area (Å²) in [4.78, 5) is 2.39. The third-order valence-electron chi connectivity index (χ3n) is 11.3. The molecule has 3 heterocycles. The van der Waals surface area contributed by atoms with Gasteiger partial charge < -0.3 is 13.7 Å². The average Bonchev–Trinajstić information content (AvgIpc) is 3.94. The molecule has 56 heavy (non-hydrogen) atoms. The summed E-state index contributed by atoms with van der Waals surface area (Å²) in [6.45, 7) is 0. The van der Waals surface area contributed by atoms with Crippen LogP contribution in [0, 0.1) is 0 Å². The molecule has 0 N–H and O–H groups in total. The van der Waals surface area contributed by atoms with E-state index in [1.165, 1.54) is 42.1 Å². The molecule has 3 aromatic heterocycles. The quantitative estimate of drug-likeness (QED) is 0.176. The Hall–Kier alpha value is -7.14. The van der Waals surface area contributed by atoms with E-state index in [1.807, 2.05) is 23.5 Å². The zero-order valence-electron chi connectivity index (χ0n) is 30.1. The van der Waals surface area contributed by atoms with E-state index in [-0.39, 0.29) is 0 Å². The monoisotopic (exact) mass is 733 g/mol. The van der Waals surface area contributed by atoms with Gasteiger partial charge in [0.15, 0.2) is 0 Å². The van der Waals surface area contributed by atoms with Crippen molar-refractivity contribution in [2.75, 3.05) is 4.90 Å². The van der Waals surface area contributed by atoms with Gasteiger partial charge in [0.1, 0.15) is 22.3 Å². The zero-order chi connectivity index (χ0) is 36.7. The number of fused-ring (bicyclic) bond motifs is 10. The van der Waals surface area contributed by atoms with Crippen molar-refractivity contribution in [1.82, 2.24) is 0 Å². The Bertz CT molecular complexity index is 3500. The van der Waals surface area contributed by atoms with Gasteiger partial charge in [-0.05, 0) is 94.2 Å². The van der Waals surface area contributed by atoms with E-state index in [9.17, 15) is 0 Å². The molecule has 0 radical (unpaired) electrons. The smallest absolute Gasteiger partial charge is 0.136 e. The predicted octanol–water partition coefficient (Wildman–Crippen LogP) is 15.8. The van der Waals surface area contributed by atoms with E-state index in [0.717, 1.165) is 72.1 Å². The molecule has 0 amide bonds. The highest BCUT2D eigenvalue weighted by molar-refractivity contribution is 7.26. The average molecular weight is 734 g/mol. The van der Waals surface area contributed by atoms with Crippen molar-refractivity contribution in [1.29, 1.82) is 0 Å². The van der Waals surface area contributed by atoms with E-state index in [0.29, 0.717) is 0 Å². The summed E-state index contributed by atoms with van der Waals surface area (Å²) in [5, 5.41) is 9.39. The Morgan fingerprint density at radius 1 is 0.375 bits per heavy atom. The van der Waals surface area contributed by atoms with Gasteiger partial charge in [0.05, 0.1) is 5.69 Å². The number of nitrogens with zero attached hydrogens (tertiary/aromatic N) is 1. The summed E-state index contributed by atoms with van der Waals surface area (Å²) in [6, 6.07) is 67.3. The largest absolute Gasteiger partial charge is 0.456 e. The molecular weight excluding hydrogens is 703 g/mol. The molecule has 3 nitrogen and oxygen atoms in total. The van der Waals surface area contributed by atoms with E-state index in [1.54, 1.807) is 0 Å². The summed E-state index contributed by atoms with van der Waals surface area (Å²) in [5.74, 6) is 0. The fourth-order valence-electron chi connectivity index (χ4n) is 8.68. The van der Waals surface area contributed by atoms with Crippen LogP contribution < -0.4 is 4.90 Å². The summed E-state index contributed by atoms with van der Waals surface area (Å²) in [5.41, 5.74) is 11.4. The first-order valence-corrected chi connectivity index (χ1v) is 19.7. The minimum Gasteiger partial charge on any atom is -0.456 e. The molecule has 0 bridgehead atoms. The lowest BCUT2D eigenvalue weighted by molar-refractivity contribution is 0.668. The van der Waals surface area contributed by atoms with E-state index in [2.05, 4.69) is 181 Å². The molecular formula is C52H31NO2S. The van der Waals surface area contributed by atoms with Gasteiger partial charge in [-0.2, -0.15) is 0 Å². The van der Waals surface area contributed by atoms with Crippen molar-refractivity contribution in [2.45, 2.75) is 0 Å². The van der Waals surface area contributed by atoms with Crippen LogP contribution in [0.3, 0.4) is 0 Å². The summed E-state index contributed by atoms with van der Waals surface area (Å²) >= 11 is 1.87. The highest BCUT2D eigenvalue weighted by Gasteiger charge is 2.22. The second-order valence-corrected chi connectivity index (χ2v) is 15.5. The molecule has 0 spiro atoms. The number of anilines is 3. The van der Waals surface area contributed by atoms with Gasteiger partial charge in [-0.3, -0.25) is 0 Å². The second-order valence-electron chi connectivity index (χ2n) is 14.4. The maximum absolute atomic E-state index is 6.55. The summed E-state index contributed by atoms with van der Waals surface area (Å²) in [6.07, 6.45) is 0. The van der Waals surface area contributed by atoms with Gasteiger partial charge in [0.2, 0.25) is 0 Å². The molecule has 262 valence electrons. The molecule has 0 fully saturated rings. The van der Waals surface area contributed by atoms with Crippen molar-refractivity contribution in [3.05, 3.63) is 188 Å². The number of rotatable bonds is 5. The number of furan rings is 2. The van der Waals surface area contributed by atoms with Crippen molar-refractivity contribution in [3.63, 3.8) is 0 Å². The SMILES string of the molecule is c1ccc(N(c2ccc(-c3cccc4c3sc3ccccc34)cc2)c2ccc3oc4ccccc4c3c2)c(-c2cccc3oc4cc5ccccc5cc4c23)c1. The molecule has 12 aromatic rings. The molecule has 0 aliphatic carbocycles. The van der Waals surface area contributed by atoms with E-state index in [4.69, 9.17) is 8.83 Å². The Labute approximate surface area is 325 Å². The molecule has 0 aliphatic heterocycles. The van der Waals surface area contributed by atoms with Gasteiger partial charge in [-0.15, -0.1) is 11.3 Å². The van der Waals surface area contributed by atoms with Crippen molar-refractivity contribution in [2.24, 2.45) is 0 Å². The first-order chi connectivity index (χ1) is 27.7. The van der Waals surface area contributed by atoms with E-state index < -0.39 is 0 Å². The van der Waals surface area contributed by atoms with Crippen LogP contribution in [0.1, 0.15) is 0 Å². The van der Waals surface area contributed by atoms with Crippen LogP contribution in [-0.2, 0) is 0 Å². The number of hydrogen-bond donors (Lipinski definition) is 0. The first-order valence-electron chi connectivity index (χ1n) is 18.9. The number of thiophene rings is 1. The summed E-state index contributed by atoms with van der Waals surface area (Å²) in [7, 11) is 0. The molecule has 0 unspecified atom stereocenters. The lowest BCUT2D eigenvalue weighted by atomic mass is 9.96. The fourth-order valence-corrected chi connectivity index (χ4v) is 9.92. The van der Waals surface area contributed by atoms with Crippen molar-refractivity contribution >= 4 is 103 Å². The van der Waals surface area contributed by atoms with E-state index >= 15 is 0 Å². The molecule has 12 rings (SSSR count). The minimum atomic E-state index is 0.872. The normalized spacial score (nSPS) is 11.9. The molecule has 0 saturated heterocycles. The van der Waals surface area contributed by atoms with Crippen molar-refractivity contribution < 1.29 is 8.83 Å². The zero-order valence-corrected chi connectivity index (χ0v) is 30.9. The number of para-hydroxylation sites is 2. The van der Waals surface area contributed by atoms with Crippen LogP contribution in [0.15, 0.2) is 197 Å². The third kappa shape index (κ3) is 4.76. The molecule has 9 aromatic carbocycles. The maximum atomic E-state index is 6.55. The Morgan fingerprint density at radius 2 is 1.02 bits per heavy atom. The van der Waals surface area contributed by atoms with Gasteiger partial charge in [-0.25, -0.2) is 0 Å². The third-order valence-corrected chi connectivity index (χ3v) is 12.5. The Balaban J connectivity index is 1.07. The standard InChI is InChI=1S/C52H31NO2S/c1-2-12-34-30-49-44(29-33(34)11-1)51-41(17-10-21-48(51)55-49)38-13-3-6-19-45(38)53(36-27-28-47-43(31-36)39-14-4-7-20-46(39)54-47)35-25-23-32(24-26-35)37-16-9-18-42-40-15-5-8-22-50(40)56-52(37)42/h1-31H. The molecule has 0 atom stereocenters. The van der Waals surface area contributed by atoms with Crippen molar-refractivity contribution in [3.8, 4) is 22.3 Å². The highest BCUT2D eigenvalue weighted by Crippen LogP contribution is 2.47. The second kappa shape index (κ2) is 12.2. The van der Waals surface area contributed by atoms with Crippen LogP contribution in [0.4, 0.5) is 17.1 Å². The molecule has 0 aliphatic rings. The van der Waals surface area contributed by atoms with Gasteiger partial charge in [-0.1, -0.05) is 121 Å². The van der Waals surface area contributed by atoms with Crippen LogP contribution in [0.5, 0.6) is 0 Å². The van der Waals surface area contributed by atoms with Crippen LogP contribution >= 0.6 is 11.3 Å². The molecule has 0 saturated carbocycles. The fraction of sp³-hybridized carbons (Fsp3) is 0. The van der Waals surface area contributed by atoms with Gasteiger partial charge in [0.25, 0.3) is 0 Å². The molecule has 4 heteroatoms. The maximum Gasteiger partial charge on any atom is 0.136 e. The minimum absolute atomic E-state index is 0.872. The highest BCUT2D eigenvalue weighted by atomic mass is 32.1.